The molecule has 5 heteroatoms. The van der Waals surface area contributed by atoms with Gasteiger partial charge >= 0.3 is 0 Å². The van der Waals surface area contributed by atoms with Gasteiger partial charge in [-0.1, -0.05) is 25.4 Å². The van der Waals surface area contributed by atoms with Gasteiger partial charge in [0.2, 0.25) is 0 Å². The van der Waals surface area contributed by atoms with Crippen LogP contribution in [-0.4, -0.2) is 14.8 Å². The van der Waals surface area contributed by atoms with Gasteiger partial charge < -0.3 is 5.73 Å². The molecule has 0 spiro atoms. The fourth-order valence-corrected chi connectivity index (χ4v) is 1.79. The minimum absolute atomic E-state index is 0.387. The van der Waals surface area contributed by atoms with Crippen molar-refractivity contribution in [3.8, 4) is 5.82 Å². The molecule has 0 aromatic carbocycles. The van der Waals surface area contributed by atoms with Crippen LogP contribution in [0.4, 0.5) is 0 Å². The zero-order chi connectivity index (χ0) is 12.4. The van der Waals surface area contributed by atoms with Crippen molar-refractivity contribution in [3.63, 3.8) is 0 Å². The molecule has 0 saturated carbocycles. The summed E-state index contributed by atoms with van der Waals surface area (Å²) in [5.74, 6) is 1.02. The molecule has 0 aliphatic rings. The number of hydrogen-bond acceptors (Lipinski definition) is 3. The lowest BCUT2D eigenvalue weighted by Crippen LogP contribution is -2.03. The predicted octanol–water partition coefficient (Wildman–Crippen LogP) is 2.50. The molecule has 0 radical (unpaired) electrons. The summed E-state index contributed by atoms with van der Waals surface area (Å²) in [4.78, 5) is 4.28. The molecule has 0 aliphatic carbocycles. The molecule has 0 saturated heterocycles. The van der Waals surface area contributed by atoms with E-state index in [9.17, 15) is 0 Å². The van der Waals surface area contributed by atoms with Crippen LogP contribution in [0.1, 0.15) is 31.0 Å². The smallest absolute Gasteiger partial charge is 0.172 e. The van der Waals surface area contributed by atoms with Gasteiger partial charge in [0, 0.05) is 18.9 Å². The number of halogens is 1. The van der Waals surface area contributed by atoms with Gasteiger partial charge in [0.25, 0.3) is 0 Å². The van der Waals surface area contributed by atoms with Crippen LogP contribution in [0.25, 0.3) is 5.82 Å². The first-order chi connectivity index (χ1) is 8.11. The summed E-state index contributed by atoms with van der Waals surface area (Å²) in [6.07, 6.45) is 3.59. The van der Waals surface area contributed by atoms with E-state index in [1.165, 1.54) is 0 Å². The van der Waals surface area contributed by atoms with Gasteiger partial charge in [-0.05, 0) is 23.6 Å². The molecular formula is C12H15ClN4. The summed E-state index contributed by atoms with van der Waals surface area (Å²) >= 11 is 6.15. The molecule has 90 valence electrons. The maximum atomic E-state index is 6.15. The largest absolute Gasteiger partial charge is 0.326 e. The first kappa shape index (κ1) is 12.1. The Hall–Kier alpha value is -1.39. The third-order valence-electron chi connectivity index (χ3n) is 2.53. The van der Waals surface area contributed by atoms with Gasteiger partial charge in [-0.15, -0.1) is 0 Å². The van der Waals surface area contributed by atoms with Crippen LogP contribution in [-0.2, 0) is 6.54 Å². The summed E-state index contributed by atoms with van der Waals surface area (Å²) in [5, 5.41) is 5.00. The lowest BCUT2D eigenvalue weighted by Gasteiger charge is -2.05. The van der Waals surface area contributed by atoms with Gasteiger partial charge in [0.1, 0.15) is 0 Å². The normalized spacial score (nSPS) is 11.1. The predicted molar refractivity (Wildman–Crippen MR) is 68.3 cm³/mol. The van der Waals surface area contributed by atoms with Crippen LogP contribution in [0.5, 0.6) is 0 Å². The summed E-state index contributed by atoms with van der Waals surface area (Å²) in [7, 11) is 0. The van der Waals surface area contributed by atoms with Crippen molar-refractivity contribution in [3.05, 3.63) is 40.8 Å². The molecule has 0 amide bonds. The van der Waals surface area contributed by atoms with Crippen molar-refractivity contribution in [1.82, 2.24) is 14.8 Å². The average Bonchev–Trinajstić information content (AvgIpc) is 2.78. The van der Waals surface area contributed by atoms with Gasteiger partial charge in [-0.25, -0.2) is 9.67 Å². The first-order valence-corrected chi connectivity index (χ1v) is 5.90. The molecule has 0 fully saturated rings. The fourth-order valence-electron chi connectivity index (χ4n) is 1.51. The highest BCUT2D eigenvalue weighted by Gasteiger charge is 2.09. The number of aromatic nitrogens is 3. The third-order valence-corrected chi connectivity index (χ3v) is 2.81. The van der Waals surface area contributed by atoms with Crippen molar-refractivity contribution in [2.24, 2.45) is 5.73 Å². The zero-order valence-corrected chi connectivity index (χ0v) is 10.6. The van der Waals surface area contributed by atoms with Crippen LogP contribution in [0.2, 0.25) is 5.02 Å². The van der Waals surface area contributed by atoms with Gasteiger partial charge in [-0.2, -0.15) is 5.10 Å². The van der Waals surface area contributed by atoms with E-state index in [1.54, 1.807) is 10.9 Å². The van der Waals surface area contributed by atoms with Crippen molar-refractivity contribution in [2.45, 2.75) is 26.3 Å². The van der Waals surface area contributed by atoms with Crippen LogP contribution in [0, 0.1) is 0 Å². The highest BCUT2D eigenvalue weighted by molar-refractivity contribution is 6.32. The Bertz CT molecular complexity index is 519. The first-order valence-electron chi connectivity index (χ1n) is 5.52. The Morgan fingerprint density at radius 3 is 2.76 bits per heavy atom. The number of nitrogens with zero attached hydrogens (tertiary/aromatic N) is 3. The van der Waals surface area contributed by atoms with Crippen molar-refractivity contribution >= 4 is 11.6 Å². The molecule has 0 aliphatic heterocycles. The van der Waals surface area contributed by atoms with E-state index in [1.807, 2.05) is 18.3 Å². The lowest BCUT2D eigenvalue weighted by atomic mass is 10.1. The second-order valence-corrected chi connectivity index (χ2v) is 4.60. The number of hydrogen-bond donors (Lipinski definition) is 1. The van der Waals surface area contributed by atoms with Crippen molar-refractivity contribution in [2.75, 3.05) is 0 Å². The van der Waals surface area contributed by atoms with E-state index in [4.69, 9.17) is 17.3 Å². The Morgan fingerprint density at radius 1 is 1.47 bits per heavy atom. The average molecular weight is 251 g/mol. The SMILES string of the molecule is CC(C)c1ccn(-c2ncc(CN)cc2Cl)n1. The highest BCUT2D eigenvalue weighted by atomic mass is 35.5. The number of rotatable bonds is 3. The minimum atomic E-state index is 0.387. The Balaban J connectivity index is 2.38. The lowest BCUT2D eigenvalue weighted by molar-refractivity contribution is 0.757. The van der Waals surface area contributed by atoms with Crippen molar-refractivity contribution < 1.29 is 0 Å². The second-order valence-electron chi connectivity index (χ2n) is 4.19. The maximum absolute atomic E-state index is 6.15. The van der Waals surface area contributed by atoms with E-state index in [0.717, 1.165) is 11.3 Å². The van der Waals surface area contributed by atoms with Crippen molar-refractivity contribution in [1.29, 1.82) is 0 Å². The summed E-state index contributed by atoms with van der Waals surface area (Å²) in [5.41, 5.74) is 7.46. The van der Waals surface area contributed by atoms with Gasteiger partial charge in [0.15, 0.2) is 5.82 Å². The maximum Gasteiger partial charge on any atom is 0.172 e. The summed E-state index contributed by atoms with van der Waals surface area (Å²) < 4.78 is 1.69. The molecule has 2 aromatic heterocycles. The Labute approximate surface area is 105 Å². The number of nitrogens with two attached hydrogens (primary N) is 1. The van der Waals surface area contributed by atoms with Crippen LogP contribution in [0.15, 0.2) is 24.5 Å². The second kappa shape index (κ2) is 4.85. The van der Waals surface area contributed by atoms with Gasteiger partial charge in [-0.3, -0.25) is 0 Å². The fraction of sp³-hybridized carbons (Fsp3) is 0.333. The topological polar surface area (TPSA) is 56.7 Å². The summed E-state index contributed by atoms with van der Waals surface area (Å²) in [6.45, 7) is 4.63. The summed E-state index contributed by atoms with van der Waals surface area (Å²) in [6, 6.07) is 3.79. The van der Waals surface area contributed by atoms with E-state index < -0.39 is 0 Å². The molecular weight excluding hydrogens is 236 g/mol. The quantitative estimate of drug-likeness (QED) is 0.911. The van der Waals surface area contributed by atoms with Crippen LogP contribution in [0.3, 0.4) is 0 Å². The Kier molecular flexibility index (Phi) is 3.45. The minimum Gasteiger partial charge on any atom is -0.326 e. The highest BCUT2D eigenvalue weighted by Crippen LogP contribution is 2.20. The van der Waals surface area contributed by atoms with Crippen LogP contribution < -0.4 is 5.73 Å². The molecule has 17 heavy (non-hydrogen) atoms. The molecule has 0 bridgehead atoms. The molecule has 2 heterocycles. The van der Waals surface area contributed by atoms with E-state index >= 15 is 0 Å². The standard InChI is InChI=1S/C12H15ClN4/c1-8(2)11-3-4-17(16-11)12-10(13)5-9(6-14)7-15-12/h3-5,7-8H,6,14H2,1-2H3. The molecule has 2 aromatic rings. The van der Waals surface area contributed by atoms with Gasteiger partial charge in [0.05, 0.1) is 10.7 Å². The zero-order valence-electron chi connectivity index (χ0n) is 9.89. The molecule has 4 nitrogen and oxygen atoms in total. The number of pyridine rings is 1. The Morgan fingerprint density at radius 2 is 2.24 bits per heavy atom. The molecule has 2 N–H and O–H groups in total. The molecule has 0 atom stereocenters. The van der Waals surface area contributed by atoms with E-state index in [-0.39, 0.29) is 0 Å². The van der Waals surface area contributed by atoms with E-state index in [0.29, 0.717) is 23.3 Å². The van der Waals surface area contributed by atoms with Crippen LogP contribution >= 0.6 is 11.6 Å². The monoisotopic (exact) mass is 250 g/mol. The molecule has 0 unspecified atom stereocenters. The third kappa shape index (κ3) is 2.48. The van der Waals surface area contributed by atoms with E-state index in [2.05, 4.69) is 23.9 Å². The molecule has 2 rings (SSSR count).